The quantitative estimate of drug-likeness (QED) is 0.624. The van der Waals surface area contributed by atoms with Gasteiger partial charge in [0.25, 0.3) is 0 Å². The van der Waals surface area contributed by atoms with E-state index in [4.69, 9.17) is 4.42 Å². The van der Waals surface area contributed by atoms with Gasteiger partial charge in [0.1, 0.15) is 5.76 Å². The molecule has 0 saturated carbocycles. The summed E-state index contributed by atoms with van der Waals surface area (Å²) in [6, 6.07) is 3.13. The van der Waals surface area contributed by atoms with Crippen molar-refractivity contribution in [2.45, 2.75) is 6.92 Å². The van der Waals surface area contributed by atoms with E-state index in [1.54, 1.807) is 24.3 Å². The molecule has 0 aliphatic rings. The first-order valence-electron chi connectivity index (χ1n) is 3.64. The lowest BCUT2D eigenvalue weighted by molar-refractivity contribution is 0.497. The van der Waals surface area contributed by atoms with Gasteiger partial charge in [0.15, 0.2) is 0 Å². The maximum Gasteiger partial charge on any atom is 0.336 e. The van der Waals surface area contributed by atoms with Gasteiger partial charge >= 0.3 is 5.63 Å². The molecule has 0 bridgehead atoms. The standard InChI is InChI=1S/C10H10O2/c1-3-4-5-9-8(2)6-7-10(11)12-9/h3-7H,1H2,2H3/b5-4-. The average molecular weight is 162 g/mol. The second-order valence-corrected chi connectivity index (χ2v) is 2.40. The Hall–Kier alpha value is -1.57. The minimum atomic E-state index is -0.329. The van der Waals surface area contributed by atoms with Crippen LogP contribution in [0.15, 0.2) is 40.1 Å². The fourth-order valence-electron chi connectivity index (χ4n) is 0.819. The lowest BCUT2D eigenvalue weighted by Crippen LogP contribution is -1.97. The molecule has 0 aromatic carbocycles. The van der Waals surface area contributed by atoms with Gasteiger partial charge in [-0.3, -0.25) is 0 Å². The van der Waals surface area contributed by atoms with E-state index in [9.17, 15) is 4.79 Å². The highest BCUT2D eigenvalue weighted by atomic mass is 16.4. The average Bonchev–Trinajstić information content (AvgIpc) is 2.07. The van der Waals surface area contributed by atoms with Crippen LogP contribution in [0.25, 0.3) is 6.08 Å². The van der Waals surface area contributed by atoms with Gasteiger partial charge in [-0.1, -0.05) is 18.7 Å². The van der Waals surface area contributed by atoms with Crippen molar-refractivity contribution < 1.29 is 4.42 Å². The third-order valence-electron chi connectivity index (χ3n) is 1.45. The zero-order valence-electron chi connectivity index (χ0n) is 6.91. The van der Waals surface area contributed by atoms with Crippen LogP contribution in [-0.2, 0) is 0 Å². The van der Waals surface area contributed by atoms with Crippen molar-refractivity contribution in [3.63, 3.8) is 0 Å². The van der Waals surface area contributed by atoms with Crippen LogP contribution in [0.2, 0.25) is 0 Å². The molecule has 1 heterocycles. The predicted octanol–water partition coefficient (Wildman–Crippen LogP) is 2.15. The molecule has 0 aliphatic heterocycles. The van der Waals surface area contributed by atoms with Gasteiger partial charge in [-0.25, -0.2) is 4.79 Å². The summed E-state index contributed by atoms with van der Waals surface area (Å²) < 4.78 is 4.92. The topological polar surface area (TPSA) is 30.2 Å². The van der Waals surface area contributed by atoms with E-state index in [-0.39, 0.29) is 5.63 Å². The van der Waals surface area contributed by atoms with Crippen LogP contribution < -0.4 is 5.63 Å². The molecule has 0 aliphatic carbocycles. The van der Waals surface area contributed by atoms with Crippen molar-refractivity contribution in [3.05, 3.63) is 52.6 Å². The van der Waals surface area contributed by atoms with Crippen LogP contribution in [0.3, 0.4) is 0 Å². The molecular formula is C10H10O2. The molecule has 0 N–H and O–H groups in total. The number of rotatable bonds is 2. The molecule has 62 valence electrons. The summed E-state index contributed by atoms with van der Waals surface area (Å²) in [5.41, 5.74) is 0.608. The van der Waals surface area contributed by atoms with E-state index < -0.39 is 0 Å². The molecule has 0 atom stereocenters. The molecule has 0 saturated heterocycles. The minimum absolute atomic E-state index is 0.329. The van der Waals surface area contributed by atoms with Gasteiger partial charge in [0, 0.05) is 6.07 Å². The first-order valence-corrected chi connectivity index (χ1v) is 3.64. The number of allylic oxidation sites excluding steroid dienone is 2. The first-order chi connectivity index (χ1) is 5.74. The van der Waals surface area contributed by atoms with Crippen LogP contribution in [0.4, 0.5) is 0 Å². The van der Waals surface area contributed by atoms with Gasteiger partial charge in [0.2, 0.25) is 0 Å². The van der Waals surface area contributed by atoms with Gasteiger partial charge < -0.3 is 4.42 Å². The highest BCUT2D eigenvalue weighted by Gasteiger charge is 1.95. The van der Waals surface area contributed by atoms with Crippen molar-refractivity contribution in [2.24, 2.45) is 0 Å². The van der Waals surface area contributed by atoms with Gasteiger partial charge in [-0.2, -0.15) is 0 Å². The van der Waals surface area contributed by atoms with Gasteiger partial charge in [-0.05, 0) is 24.6 Å². The molecule has 1 aromatic rings. The maximum absolute atomic E-state index is 10.8. The van der Waals surface area contributed by atoms with E-state index in [0.29, 0.717) is 5.76 Å². The largest absolute Gasteiger partial charge is 0.423 e. The monoisotopic (exact) mass is 162 g/mol. The van der Waals surface area contributed by atoms with Crippen molar-refractivity contribution in [1.82, 2.24) is 0 Å². The fraction of sp³-hybridized carbons (Fsp3) is 0.100. The number of hydrogen-bond acceptors (Lipinski definition) is 2. The normalized spacial score (nSPS) is 10.4. The molecule has 0 fully saturated rings. The van der Waals surface area contributed by atoms with Crippen molar-refractivity contribution in [2.75, 3.05) is 0 Å². The Bertz CT molecular complexity index is 358. The molecule has 1 rings (SSSR count). The minimum Gasteiger partial charge on any atom is -0.423 e. The highest BCUT2D eigenvalue weighted by molar-refractivity contribution is 5.48. The van der Waals surface area contributed by atoms with E-state index in [0.717, 1.165) is 5.56 Å². The molecule has 0 radical (unpaired) electrons. The van der Waals surface area contributed by atoms with Gasteiger partial charge in [0.05, 0.1) is 0 Å². The van der Waals surface area contributed by atoms with Crippen LogP contribution >= 0.6 is 0 Å². The molecule has 2 heteroatoms. The summed E-state index contributed by atoms with van der Waals surface area (Å²) in [6.45, 7) is 5.40. The Labute approximate surface area is 70.8 Å². The highest BCUT2D eigenvalue weighted by Crippen LogP contribution is 2.05. The van der Waals surface area contributed by atoms with E-state index in [2.05, 4.69) is 6.58 Å². The molecule has 0 spiro atoms. The smallest absolute Gasteiger partial charge is 0.336 e. The Morgan fingerprint density at radius 2 is 2.25 bits per heavy atom. The predicted molar refractivity (Wildman–Crippen MR) is 48.9 cm³/mol. The maximum atomic E-state index is 10.8. The second kappa shape index (κ2) is 3.72. The third kappa shape index (κ3) is 1.95. The van der Waals surface area contributed by atoms with Gasteiger partial charge in [-0.15, -0.1) is 0 Å². The zero-order chi connectivity index (χ0) is 8.97. The van der Waals surface area contributed by atoms with E-state index in [1.807, 2.05) is 6.92 Å². The number of hydrogen-bond donors (Lipinski definition) is 0. The molecule has 0 amide bonds. The van der Waals surface area contributed by atoms with Crippen LogP contribution in [0, 0.1) is 6.92 Å². The zero-order valence-corrected chi connectivity index (χ0v) is 6.91. The Kier molecular flexibility index (Phi) is 2.64. The van der Waals surface area contributed by atoms with Crippen LogP contribution in [0.5, 0.6) is 0 Å². The molecule has 2 nitrogen and oxygen atoms in total. The van der Waals surface area contributed by atoms with Crippen molar-refractivity contribution in [1.29, 1.82) is 0 Å². The number of aryl methyl sites for hydroxylation is 1. The summed E-state index contributed by atoms with van der Waals surface area (Å²) >= 11 is 0. The summed E-state index contributed by atoms with van der Waals surface area (Å²) in [6.07, 6.45) is 5.07. The van der Waals surface area contributed by atoms with E-state index >= 15 is 0 Å². The van der Waals surface area contributed by atoms with Crippen molar-refractivity contribution >= 4 is 6.08 Å². The van der Waals surface area contributed by atoms with Crippen LogP contribution in [-0.4, -0.2) is 0 Å². The first kappa shape index (κ1) is 8.53. The third-order valence-corrected chi connectivity index (χ3v) is 1.45. The SMILES string of the molecule is C=C/C=C\c1oc(=O)ccc1C. The fourth-order valence-corrected chi connectivity index (χ4v) is 0.819. The lowest BCUT2D eigenvalue weighted by atomic mass is 10.2. The lowest BCUT2D eigenvalue weighted by Gasteiger charge is -1.94. The molecular weight excluding hydrogens is 152 g/mol. The Morgan fingerprint density at radius 1 is 1.50 bits per heavy atom. The Balaban J connectivity index is 3.13. The van der Waals surface area contributed by atoms with Crippen LogP contribution in [0.1, 0.15) is 11.3 Å². The summed E-state index contributed by atoms with van der Waals surface area (Å²) in [7, 11) is 0. The molecule has 1 aromatic heterocycles. The van der Waals surface area contributed by atoms with Crippen molar-refractivity contribution in [3.8, 4) is 0 Å². The molecule has 12 heavy (non-hydrogen) atoms. The summed E-state index contributed by atoms with van der Waals surface area (Å²) in [4.78, 5) is 10.8. The Morgan fingerprint density at radius 3 is 2.92 bits per heavy atom. The summed E-state index contributed by atoms with van der Waals surface area (Å²) in [5.74, 6) is 0.586. The second-order valence-electron chi connectivity index (χ2n) is 2.40. The summed E-state index contributed by atoms with van der Waals surface area (Å²) in [5, 5.41) is 0. The molecule has 0 unspecified atom stereocenters. The van der Waals surface area contributed by atoms with E-state index in [1.165, 1.54) is 6.07 Å².